The van der Waals surface area contributed by atoms with Crippen molar-refractivity contribution in [3.63, 3.8) is 0 Å². The van der Waals surface area contributed by atoms with Crippen LogP contribution >= 0.6 is 0 Å². The van der Waals surface area contributed by atoms with Crippen LogP contribution in [0, 0.1) is 5.92 Å². The molecule has 0 amide bonds. The lowest BCUT2D eigenvalue weighted by Crippen LogP contribution is -2.10. The third kappa shape index (κ3) is 3.49. The zero-order chi connectivity index (χ0) is 15.4. The predicted molar refractivity (Wildman–Crippen MR) is 87.8 cm³/mol. The van der Waals surface area contributed by atoms with Gasteiger partial charge in [-0.25, -0.2) is 9.50 Å². The van der Waals surface area contributed by atoms with Crippen LogP contribution in [0.25, 0.3) is 5.65 Å². The summed E-state index contributed by atoms with van der Waals surface area (Å²) in [5.74, 6) is 1.31. The third-order valence-electron chi connectivity index (χ3n) is 4.99. The summed E-state index contributed by atoms with van der Waals surface area (Å²) >= 11 is 0. The summed E-state index contributed by atoms with van der Waals surface area (Å²) in [6, 6.07) is 2.12. The van der Waals surface area contributed by atoms with Crippen molar-refractivity contribution in [1.29, 1.82) is 0 Å². The number of aliphatic hydroxyl groups is 1. The van der Waals surface area contributed by atoms with Gasteiger partial charge in [0, 0.05) is 23.4 Å². The van der Waals surface area contributed by atoms with Gasteiger partial charge in [-0.1, -0.05) is 45.4 Å². The van der Waals surface area contributed by atoms with E-state index in [4.69, 9.17) is 4.98 Å². The van der Waals surface area contributed by atoms with Crippen LogP contribution in [0.3, 0.4) is 0 Å². The molecule has 2 atom stereocenters. The second-order valence-electron chi connectivity index (χ2n) is 6.83. The molecule has 2 unspecified atom stereocenters. The van der Waals surface area contributed by atoms with E-state index in [0.717, 1.165) is 17.1 Å². The lowest BCUT2D eigenvalue weighted by atomic mass is 9.85. The maximum absolute atomic E-state index is 9.43. The van der Waals surface area contributed by atoms with Crippen LogP contribution in [0.2, 0.25) is 0 Å². The van der Waals surface area contributed by atoms with Gasteiger partial charge in [-0.2, -0.15) is 5.10 Å². The van der Waals surface area contributed by atoms with E-state index in [9.17, 15) is 5.11 Å². The van der Waals surface area contributed by atoms with Crippen LogP contribution in [0.1, 0.15) is 75.5 Å². The molecule has 1 saturated carbocycles. The van der Waals surface area contributed by atoms with Crippen LogP contribution in [0.4, 0.5) is 0 Å². The Labute approximate surface area is 132 Å². The third-order valence-corrected chi connectivity index (χ3v) is 4.99. The largest absolute Gasteiger partial charge is 0.391 e. The first kappa shape index (κ1) is 15.5. The molecule has 4 nitrogen and oxygen atoms in total. The highest BCUT2D eigenvalue weighted by molar-refractivity contribution is 5.46. The summed E-state index contributed by atoms with van der Waals surface area (Å²) in [6.45, 7) is 2.38. The Bertz CT molecular complexity index is 607. The quantitative estimate of drug-likeness (QED) is 0.909. The van der Waals surface area contributed by atoms with E-state index in [1.807, 2.05) is 6.20 Å². The summed E-state index contributed by atoms with van der Waals surface area (Å²) in [5, 5.41) is 13.7. The van der Waals surface area contributed by atoms with E-state index in [-0.39, 0.29) is 6.61 Å². The smallest absolute Gasteiger partial charge is 0.160 e. The van der Waals surface area contributed by atoms with Crippen LogP contribution < -0.4 is 0 Å². The SMILES string of the molecule is CC1CCCCCCCC(c2ccn3ncc(CO)c3n2)C1. The van der Waals surface area contributed by atoms with Gasteiger partial charge in [0.1, 0.15) is 0 Å². The van der Waals surface area contributed by atoms with Crippen LogP contribution in [-0.2, 0) is 6.61 Å². The number of aromatic nitrogens is 3. The first-order valence-corrected chi connectivity index (χ1v) is 8.72. The monoisotopic (exact) mass is 301 g/mol. The second-order valence-corrected chi connectivity index (χ2v) is 6.83. The minimum atomic E-state index is 0.00101. The molecule has 4 heteroatoms. The molecule has 1 fully saturated rings. The van der Waals surface area contributed by atoms with E-state index in [2.05, 4.69) is 18.1 Å². The van der Waals surface area contributed by atoms with Crippen molar-refractivity contribution >= 4 is 5.65 Å². The molecule has 2 aromatic heterocycles. The number of rotatable bonds is 2. The van der Waals surface area contributed by atoms with Gasteiger partial charge in [0.15, 0.2) is 5.65 Å². The minimum Gasteiger partial charge on any atom is -0.391 e. The van der Waals surface area contributed by atoms with Gasteiger partial charge in [-0.05, 0) is 24.8 Å². The predicted octanol–water partition coefficient (Wildman–Crippen LogP) is 4.08. The molecule has 0 bridgehead atoms. The molecule has 120 valence electrons. The highest BCUT2D eigenvalue weighted by Crippen LogP contribution is 2.32. The maximum atomic E-state index is 9.43. The Morgan fingerprint density at radius 2 is 1.95 bits per heavy atom. The molecule has 2 aromatic rings. The lowest BCUT2D eigenvalue weighted by Gasteiger charge is -2.22. The molecule has 22 heavy (non-hydrogen) atoms. The van der Waals surface area contributed by atoms with Crippen molar-refractivity contribution in [2.24, 2.45) is 5.92 Å². The number of nitrogens with zero attached hydrogens (tertiary/aromatic N) is 3. The first-order chi connectivity index (χ1) is 10.8. The Morgan fingerprint density at radius 1 is 1.18 bits per heavy atom. The highest BCUT2D eigenvalue weighted by Gasteiger charge is 2.19. The van der Waals surface area contributed by atoms with Gasteiger partial charge in [0.25, 0.3) is 0 Å². The van der Waals surface area contributed by atoms with Crippen molar-refractivity contribution in [3.8, 4) is 0 Å². The molecule has 1 aliphatic carbocycles. The van der Waals surface area contributed by atoms with E-state index in [0.29, 0.717) is 5.92 Å². The lowest BCUT2D eigenvalue weighted by molar-refractivity contribution is 0.283. The maximum Gasteiger partial charge on any atom is 0.160 e. The van der Waals surface area contributed by atoms with Gasteiger partial charge in [-0.15, -0.1) is 0 Å². The van der Waals surface area contributed by atoms with Gasteiger partial charge in [0.05, 0.1) is 12.8 Å². The average Bonchev–Trinajstić information content (AvgIpc) is 2.95. The summed E-state index contributed by atoms with van der Waals surface area (Å²) in [5.41, 5.74) is 2.80. The second kappa shape index (κ2) is 7.23. The number of hydrogen-bond donors (Lipinski definition) is 1. The van der Waals surface area contributed by atoms with Gasteiger partial charge in [0.2, 0.25) is 0 Å². The van der Waals surface area contributed by atoms with E-state index in [1.165, 1.54) is 57.1 Å². The van der Waals surface area contributed by atoms with Gasteiger partial charge in [-0.3, -0.25) is 0 Å². The zero-order valence-electron chi connectivity index (χ0n) is 13.5. The van der Waals surface area contributed by atoms with Crippen LogP contribution in [-0.4, -0.2) is 19.7 Å². The zero-order valence-corrected chi connectivity index (χ0v) is 13.5. The fourth-order valence-electron chi connectivity index (χ4n) is 3.67. The summed E-state index contributed by atoms with van der Waals surface area (Å²) < 4.78 is 1.76. The fraction of sp³-hybridized carbons (Fsp3) is 0.667. The summed E-state index contributed by atoms with van der Waals surface area (Å²) in [4.78, 5) is 4.83. The van der Waals surface area contributed by atoms with Crippen molar-refractivity contribution < 1.29 is 5.11 Å². The Kier molecular flexibility index (Phi) is 5.08. The molecule has 1 aliphatic rings. The Hall–Kier alpha value is -1.42. The standard InChI is InChI=1S/C18H27N3O/c1-14-7-5-3-2-4-6-8-15(11-14)17-9-10-21-18(20-17)16(13-22)12-19-21/h9-10,12,14-15,22H,2-8,11,13H2,1H3. The molecule has 3 rings (SSSR count). The number of aliphatic hydroxyl groups excluding tert-OH is 1. The molecule has 1 N–H and O–H groups in total. The fourth-order valence-corrected chi connectivity index (χ4v) is 3.67. The minimum absolute atomic E-state index is 0.00101. The van der Waals surface area contributed by atoms with Crippen LogP contribution in [0.15, 0.2) is 18.5 Å². The average molecular weight is 301 g/mol. The molecule has 2 heterocycles. The van der Waals surface area contributed by atoms with Crippen molar-refractivity contribution in [1.82, 2.24) is 14.6 Å². The van der Waals surface area contributed by atoms with Crippen LogP contribution in [0.5, 0.6) is 0 Å². The van der Waals surface area contributed by atoms with E-state index >= 15 is 0 Å². The van der Waals surface area contributed by atoms with Crippen molar-refractivity contribution in [3.05, 3.63) is 29.7 Å². The molecule has 0 aromatic carbocycles. The van der Waals surface area contributed by atoms with Gasteiger partial charge >= 0.3 is 0 Å². The van der Waals surface area contributed by atoms with Crippen molar-refractivity contribution in [2.45, 2.75) is 70.8 Å². The normalized spacial score (nSPS) is 24.5. The van der Waals surface area contributed by atoms with E-state index in [1.54, 1.807) is 10.7 Å². The Morgan fingerprint density at radius 3 is 2.77 bits per heavy atom. The molecule has 0 spiro atoms. The number of fused-ring (bicyclic) bond motifs is 1. The molecular weight excluding hydrogens is 274 g/mol. The molecule has 0 radical (unpaired) electrons. The molecule has 0 aliphatic heterocycles. The van der Waals surface area contributed by atoms with Crippen molar-refractivity contribution in [2.75, 3.05) is 0 Å². The molecular formula is C18H27N3O. The number of hydrogen-bond acceptors (Lipinski definition) is 3. The summed E-state index contributed by atoms with van der Waals surface area (Å²) in [7, 11) is 0. The first-order valence-electron chi connectivity index (χ1n) is 8.72. The summed E-state index contributed by atoms with van der Waals surface area (Å²) in [6.07, 6.45) is 14.3. The van der Waals surface area contributed by atoms with E-state index < -0.39 is 0 Å². The Balaban J connectivity index is 1.85. The topological polar surface area (TPSA) is 50.4 Å². The van der Waals surface area contributed by atoms with Gasteiger partial charge < -0.3 is 5.11 Å². The highest BCUT2D eigenvalue weighted by atomic mass is 16.3. The molecule has 0 saturated heterocycles.